The molecule has 1 aromatic heterocycles. The normalized spacial score (nSPS) is 10.3. The third-order valence-corrected chi connectivity index (χ3v) is 3.52. The fraction of sp³-hybridized carbons (Fsp3) is 0.105. The molecule has 0 unspecified atom stereocenters. The molecule has 0 fully saturated rings. The van der Waals surface area contributed by atoms with Crippen LogP contribution in [-0.4, -0.2) is 22.9 Å². The largest absolute Gasteiger partial charge is 0.493 e. The minimum Gasteiger partial charge on any atom is -0.493 e. The summed E-state index contributed by atoms with van der Waals surface area (Å²) >= 11 is 0. The van der Waals surface area contributed by atoms with Gasteiger partial charge in [0.1, 0.15) is 0 Å². The summed E-state index contributed by atoms with van der Waals surface area (Å²) in [6, 6.07) is 18.9. The number of hydrogen-bond acceptors (Lipinski definition) is 5. The zero-order valence-electron chi connectivity index (χ0n) is 13.6. The standard InChI is InChI=1S/C19H16N2O4/c1-24-16-9-5-6-10-17(16)25-19(23)15-11-12-18(22)21(20-15)13-14-7-3-2-4-8-14/h2-12H,13H2,1H3. The molecular weight excluding hydrogens is 320 g/mol. The van der Waals surface area contributed by atoms with Gasteiger partial charge in [0, 0.05) is 6.07 Å². The van der Waals surface area contributed by atoms with Crippen LogP contribution < -0.4 is 15.0 Å². The molecule has 25 heavy (non-hydrogen) atoms. The Morgan fingerprint density at radius 2 is 1.64 bits per heavy atom. The number of ether oxygens (including phenoxy) is 2. The molecule has 0 saturated heterocycles. The van der Waals surface area contributed by atoms with Crippen molar-refractivity contribution < 1.29 is 14.3 Å². The number of aromatic nitrogens is 2. The van der Waals surface area contributed by atoms with Gasteiger partial charge < -0.3 is 9.47 Å². The van der Waals surface area contributed by atoms with Crippen molar-refractivity contribution in [1.29, 1.82) is 0 Å². The van der Waals surface area contributed by atoms with Gasteiger partial charge in [0.2, 0.25) is 0 Å². The van der Waals surface area contributed by atoms with E-state index in [1.807, 2.05) is 30.3 Å². The van der Waals surface area contributed by atoms with E-state index in [1.54, 1.807) is 24.3 Å². The molecular formula is C19H16N2O4. The highest BCUT2D eigenvalue weighted by Crippen LogP contribution is 2.26. The van der Waals surface area contributed by atoms with Gasteiger partial charge in [-0.05, 0) is 23.8 Å². The molecule has 0 aliphatic rings. The molecule has 1 heterocycles. The van der Waals surface area contributed by atoms with E-state index in [0.717, 1.165) is 5.56 Å². The monoisotopic (exact) mass is 336 g/mol. The molecule has 0 spiro atoms. The lowest BCUT2D eigenvalue weighted by Crippen LogP contribution is -2.26. The van der Waals surface area contributed by atoms with Crippen molar-refractivity contribution in [3.05, 3.63) is 88.3 Å². The first-order valence-electron chi connectivity index (χ1n) is 7.64. The lowest BCUT2D eigenvalue weighted by Gasteiger charge is -2.09. The summed E-state index contributed by atoms with van der Waals surface area (Å²) in [5.41, 5.74) is 0.659. The predicted molar refractivity (Wildman–Crippen MR) is 92.0 cm³/mol. The van der Waals surface area contributed by atoms with Crippen molar-refractivity contribution in [2.45, 2.75) is 6.54 Å². The van der Waals surface area contributed by atoms with Crippen molar-refractivity contribution in [2.75, 3.05) is 7.11 Å². The quantitative estimate of drug-likeness (QED) is 0.529. The second-order valence-corrected chi connectivity index (χ2v) is 5.24. The maximum atomic E-state index is 12.3. The minimum absolute atomic E-state index is 0.0430. The Morgan fingerprint density at radius 3 is 2.36 bits per heavy atom. The highest BCUT2D eigenvalue weighted by atomic mass is 16.6. The Labute approximate surface area is 144 Å². The van der Waals surface area contributed by atoms with Crippen molar-refractivity contribution in [3.63, 3.8) is 0 Å². The molecule has 0 atom stereocenters. The zero-order chi connectivity index (χ0) is 17.6. The molecule has 0 radical (unpaired) electrons. The van der Waals surface area contributed by atoms with Crippen LogP contribution in [0.3, 0.4) is 0 Å². The van der Waals surface area contributed by atoms with Crippen molar-refractivity contribution in [1.82, 2.24) is 9.78 Å². The summed E-state index contributed by atoms with van der Waals surface area (Å²) in [4.78, 5) is 24.3. The van der Waals surface area contributed by atoms with E-state index in [4.69, 9.17) is 9.47 Å². The molecule has 0 aliphatic heterocycles. The number of nitrogens with zero attached hydrogens (tertiary/aromatic N) is 2. The van der Waals surface area contributed by atoms with Crippen molar-refractivity contribution in [3.8, 4) is 11.5 Å². The van der Waals surface area contributed by atoms with Crippen LogP contribution in [0, 0.1) is 0 Å². The number of carbonyl (C=O) groups is 1. The summed E-state index contributed by atoms with van der Waals surface area (Å²) in [5, 5.41) is 4.11. The molecule has 6 nitrogen and oxygen atoms in total. The Morgan fingerprint density at radius 1 is 0.960 bits per heavy atom. The first-order valence-corrected chi connectivity index (χ1v) is 7.64. The smallest absolute Gasteiger partial charge is 0.364 e. The van der Waals surface area contributed by atoms with Gasteiger partial charge >= 0.3 is 5.97 Å². The van der Waals surface area contributed by atoms with E-state index < -0.39 is 5.97 Å². The molecule has 2 aromatic carbocycles. The van der Waals surface area contributed by atoms with Crippen LogP contribution in [0.5, 0.6) is 11.5 Å². The third kappa shape index (κ3) is 3.92. The Kier molecular flexibility index (Phi) is 4.89. The van der Waals surface area contributed by atoms with Gasteiger partial charge in [-0.25, -0.2) is 9.48 Å². The third-order valence-electron chi connectivity index (χ3n) is 3.52. The van der Waals surface area contributed by atoms with Crippen LogP contribution in [0.15, 0.2) is 71.5 Å². The minimum atomic E-state index is -0.661. The predicted octanol–water partition coefficient (Wildman–Crippen LogP) is 2.52. The number of rotatable bonds is 5. The highest BCUT2D eigenvalue weighted by Gasteiger charge is 2.15. The average molecular weight is 336 g/mol. The molecule has 0 aliphatic carbocycles. The van der Waals surface area contributed by atoms with Crippen LogP contribution in [0.1, 0.15) is 16.1 Å². The van der Waals surface area contributed by atoms with Gasteiger partial charge in [-0.1, -0.05) is 42.5 Å². The van der Waals surface area contributed by atoms with Gasteiger partial charge in [0.25, 0.3) is 5.56 Å². The summed E-state index contributed by atoms with van der Waals surface area (Å²) in [5.74, 6) is 0.0670. The van der Waals surface area contributed by atoms with Gasteiger partial charge in [0.15, 0.2) is 17.2 Å². The van der Waals surface area contributed by atoms with Crippen LogP contribution in [-0.2, 0) is 6.54 Å². The van der Waals surface area contributed by atoms with E-state index in [0.29, 0.717) is 5.75 Å². The first-order chi connectivity index (χ1) is 12.2. The Hall–Kier alpha value is -3.41. The number of para-hydroxylation sites is 2. The molecule has 0 N–H and O–H groups in total. The second-order valence-electron chi connectivity index (χ2n) is 5.24. The van der Waals surface area contributed by atoms with E-state index >= 15 is 0 Å². The summed E-state index contributed by atoms with van der Waals surface area (Å²) in [6.07, 6.45) is 0. The van der Waals surface area contributed by atoms with Gasteiger partial charge in [-0.3, -0.25) is 4.79 Å². The number of hydrogen-bond donors (Lipinski definition) is 0. The van der Waals surface area contributed by atoms with Crippen LogP contribution in [0.4, 0.5) is 0 Å². The molecule has 6 heteroatoms. The molecule has 0 bridgehead atoms. The van der Waals surface area contributed by atoms with E-state index in [-0.39, 0.29) is 23.5 Å². The van der Waals surface area contributed by atoms with Crippen LogP contribution in [0.2, 0.25) is 0 Å². The van der Waals surface area contributed by atoms with Gasteiger partial charge in [-0.15, -0.1) is 0 Å². The van der Waals surface area contributed by atoms with Crippen LogP contribution in [0.25, 0.3) is 0 Å². The first kappa shape index (κ1) is 16.4. The maximum Gasteiger partial charge on any atom is 0.364 e. The van der Waals surface area contributed by atoms with Gasteiger partial charge in [0.05, 0.1) is 13.7 Å². The molecule has 0 amide bonds. The number of benzene rings is 2. The average Bonchev–Trinajstić information content (AvgIpc) is 2.65. The lowest BCUT2D eigenvalue weighted by molar-refractivity contribution is 0.0720. The van der Waals surface area contributed by atoms with Crippen molar-refractivity contribution in [2.24, 2.45) is 0 Å². The number of methoxy groups -OCH3 is 1. The van der Waals surface area contributed by atoms with Gasteiger partial charge in [-0.2, -0.15) is 5.10 Å². The maximum absolute atomic E-state index is 12.3. The fourth-order valence-corrected chi connectivity index (χ4v) is 2.28. The highest BCUT2D eigenvalue weighted by molar-refractivity contribution is 5.89. The number of carbonyl (C=O) groups excluding carboxylic acids is 1. The van der Waals surface area contributed by atoms with E-state index in [1.165, 1.54) is 23.9 Å². The second kappa shape index (κ2) is 7.44. The summed E-state index contributed by atoms with van der Waals surface area (Å²) < 4.78 is 11.7. The molecule has 3 aromatic rings. The van der Waals surface area contributed by atoms with E-state index in [9.17, 15) is 9.59 Å². The summed E-state index contributed by atoms with van der Waals surface area (Å²) in [7, 11) is 1.49. The zero-order valence-corrected chi connectivity index (χ0v) is 13.6. The molecule has 0 saturated carbocycles. The van der Waals surface area contributed by atoms with Crippen LogP contribution >= 0.6 is 0 Å². The summed E-state index contributed by atoms with van der Waals surface area (Å²) in [6.45, 7) is 0.273. The number of esters is 1. The van der Waals surface area contributed by atoms with E-state index in [2.05, 4.69) is 5.10 Å². The Balaban J connectivity index is 1.84. The topological polar surface area (TPSA) is 70.4 Å². The molecule has 126 valence electrons. The Bertz CT molecular complexity index is 935. The lowest BCUT2D eigenvalue weighted by atomic mass is 10.2. The van der Waals surface area contributed by atoms with Crippen molar-refractivity contribution >= 4 is 5.97 Å². The molecule has 3 rings (SSSR count). The SMILES string of the molecule is COc1ccccc1OC(=O)c1ccc(=O)n(Cc2ccccc2)n1. The fourth-order valence-electron chi connectivity index (χ4n) is 2.28.